The highest BCUT2D eigenvalue weighted by molar-refractivity contribution is 6.18. The number of rotatable bonds is 13. The lowest BCUT2D eigenvalue weighted by Crippen LogP contribution is -2.39. The van der Waals surface area contributed by atoms with Crippen LogP contribution in [0.5, 0.6) is 11.5 Å². The number of carboxylic acids is 2. The van der Waals surface area contributed by atoms with Gasteiger partial charge in [0.2, 0.25) is 0 Å². The molecular formula is C33H39ClO10. The Morgan fingerprint density at radius 2 is 1.43 bits per heavy atom. The second-order valence-electron chi connectivity index (χ2n) is 10.2. The lowest BCUT2D eigenvalue weighted by Gasteiger charge is -2.37. The standard InChI is InChI=1S/C29H33ClO4.C4H6O6/c1-2-27(22-8-4-3-5-9-22)29(31,23-11-15-25(16-12-23)32-21-19-30)24-13-17-26(18-14-24)34-28-10-6-7-20-33-28;5-1(3(7)8)2(6)4(9)10/h3-5,8-9,11-18,27-28,31H,2,6-7,10,19-21H2,1H3;1-2,5-6H,(H,7,8)(H,9,10). The first-order chi connectivity index (χ1) is 21.1. The number of hydrogen-bond donors (Lipinski definition) is 5. The molecule has 1 heterocycles. The first-order valence-electron chi connectivity index (χ1n) is 14.4. The van der Waals surface area contributed by atoms with E-state index in [0.717, 1.165) is 60.5 Å². The van der Waals surface area contributed by atoms with Gasteiger partial charge in [0.15, 0.2) is 18.5 Å². The van der Waals surface area contributed by atoms with E-state index in [0.29, 0.717) is 12.5 Å². The number of aliphatic carboxylic acids is 2. The number of hydrogen-bond acceptors (Lipinski definition) is 8. The van der Waals surface area contributed by atoms with Crippen LogP contribution < -0.4 is 9.47 Å². The summed E-state index contributed by atoms with van der Waals surface area (Å²) in [4.78, 5) is 19.5. The molecule has 1 aliphatic rings. The second-order valence-corrected chi connectivity index (χ2v) is 10.6. The molecule has 5 atom stereocenters. The Labute approximate surface area is 261 Å². The van der Waals surface area contributed by atoms with Gasteiger partial charge in [-0.15, -0.1) is 11.6 Å². The molecule has 0 bridgehead atoms. The van der Waals surface area contributed by atoms with E-state index < -0.39 is 29.7 Å². The average Bonchev–Trinajstić information content (AvgIpc) is 3.05. The molecule has 0 amide bonds. The Morgan fingerprint density at radius 3 is 1.89 bits per heavy atom. The van der Waals surface area contributed by atoms with Crippen LogP contribution in [-0.4, -0.2) is 75.1 Å². The highest BCUT2D eigenvalue weighted by atomic mass is 35.5. The summed E-state index contributed by atoms with van der Waals surface area (Å²) in [7, 11) is 0. The number of halogens is 1. The lowest BCUT2D eigenvalue weighted by molar-refractivity contribution is -0.165. The third-order valence-electron chi connectivity index (χ3n) is 7.26. The van der Waals surface area contributed by atoms with Gasteiger partial charge in [-0.05, 0) is 60.2 Å². The van der Waals surface area contributed by atoms with E-state index in [1.807, 2.05) is 66.7 Å². The van der Waals surface area contributed by atoms with Crippen LogP contribution in [-0.2, 0) is 19.9 Å². The molecule has 238 valence electrons. The summed E-state index contributed by atoms with van der Waals surface area (Å²) in [6.07, 6.45) is -0.877. The predicted molar refractivity (Wildman–Crippen MR) is 163 cm³/mol. The van der Waals surface area contributed by atoms with Crippen LogP contribution in [0.4, 0.5) is 0 Å². The molecule has 4 rings (SSSR count). The van der Waals surface area contributed by atoms with Crippen LogP contribution in [0, 0.1) is 0 Å². The van der Waals surface area contributed by atoms with Crippen molar-refractivity contribution < 1.29 is 49.3 Å². The molecule has 10 nitrogen and oxygen atoms in total. The van der Waals surface area contributed by atoms with E-state index in [1.54, 1.807) is 0 Å². The zero-order chi connectivity index (χ0) is 32.1. The molecule has 0 spiro atoms. The number of aliphatic hydroxyl groups excluding tert-OH is 2. The Morgan fingerprint density at radius 1 is 0.886 bits per heavy atom. The van der Waals surface area contributed by atoms with Crippen molar-refractivity contribution in [1.82, 2.24) is 0 Å². The van der Waals surface area contributed by atoms with Crippen LogP contribution in [0.15, 0.2) is 78.9 Å². The molecule has 1 aliphatic heterocycles. The van der Waals surface area contributed by atoms with Gasteiger partial charge in [-0.25, -0.2) is 9.59 Å². The predicted octanol–water partition coefficient (Wildman–Crippen LogP) is 4.52. The van der Waals surface area contributed by atoms with Gasteiger partial charge in [0.1, 0.15) is 23.7 Å². The Balaban J connectivity index is 0.000000456. The Kier molecular flexibility index (Phi) is 13.4. The van der Waals surface area contributed by atoms with Crippen LogP contribution in [0.25, 0.3) is 0 Å². The molecule has 5 unspecified atom stereocenters. The van der Waals surface area contributed by atoms with Gasteiger partial charge < -0.3 is 39.7 Å². The summed E-state index contributed by atoms with van der Waals surface area (Å²) < 4.78 is 17.4. The smallest absolute Gasteiger partial charge is 0.335 e. The van der Waals surface area contributed by atoms with E-state index >= 15 is 0 Å². The fourth-order valence-corrected chi connectivity index (χ4v) is 5.08. The summed E-state index contributed by atoms with van der Waals surface area (Å²) >= 11 is 5.75. The SMILES string of the molecule is CCC(c1ccccc1)C(O)(c1ccc(OCCCl)cc1)c1ccc(OC2CCCCO2)cc1.O=C(O)C(O)C(O)C(=O)O. The van der Waals surface area contributed by atoms with Crippen molar-refractivity contribution in [3.8, 4) is 11.5 Å². The number of ether oxygens (including phenoxy) is 3. The summed E-state index contributed by atoms with van der Waals surface area (Å²) in [5, 5.41) is 44.9. The molecular weight excluding hydrogens is 592 g/mol. The average molecular weight is 631 g/mol. The molecule has 11 heteroatoms. The first kappa shape index (κ1) is 34.8. The number of carbonyl (C=O) groups is 2. The molecule has 1 fully saturated rings. The van der Waals surface area contributed by atoms with Crippen molar-refractivity contribution >= 4 is 23.5 Å². The number of alkyl halides is 1. The van der Waals surface area contributed by atoms with E-state index in [9.17, 15) is 14.7 Å². The maximum atomic E-state index is 12.4. The van der Waals surface area contributed by atoms with Crippen molar-refractivity contribution in [3.63, 3.8) is 0 Å². The van der Waals surface area contributed by atoms with Crippen LogP contribution >= 0.6 is 11.6 Å². The fraction of sp³-hybridized carbons (Fsp3) is 0.394. The van der Waals surface area contributed by atoms with E-state index in [2.05, 4.69) is 19.1 Å². The highest BCUT2D eigenvalue weighted by Crippen LogP contribution is 2.45. The Bertz CT molecular complexity index is 1280. The van der Waals surface area contributed by atoms with Crippen molar-refractivity contribution in [2.75, 3.05) is 19.1 Å². The van der Waals surface area contributed by atoms with Gasteiger partial charge in [-0.3, -0.25) is 0 Å². The van der Waals surface area contributed by atoms with E-state index in [4.69, 9.17) is 46.2 Å². The van der Waals surface area contributed by atoms with Crippen LogP contribution in [0.1, 0.15) is 55.2 Å². The second kappa shape index (κ2) is 17.0. The van der Waals surface area contributed by atoms with Gasteiger partial charge >= 0.3 is 11.9 Å². The molecule has 5 N–H and O–H groups in total. The van der Waals surface area contributed by atoms with Crippen molar-refractivity contribution in [2.24, 2.45) is 0 Å². The molecule has 3 aromatic carbocycles. The van der Waals surface area contributed by atoms with Crippen LogP contribution in [0.2, 0.25) is 0 Å². The monoisotopic (exact) mass is 630 g/mol. The largest absolute Gasteiger partial charge is 0.492 e. The number of benzene rings is 3. The fourth-order valence-electron chi connectivity index (χ4n) is 5.00. The van der Waals surface area contributed by atoms with Gasteiger partial charge in [0.25, 0.3) is 0 Å². The summed E-state index contributed by atoms with van der Waals surface area (Å²) in [5.74, 6) is -1.77. The topological polar surface area (TPSA) is 163 Å². The van der Waals surface area contributed by atoms with Gasteiger partial charge in [-0.2, -0.15) is 0 Å². The lowest BCUT2D eigenvalue weighted by atomic mass is 9.72. The van der Waals surface area contributed by atoms with Gasteiger partial charge in [0, 0.05) is 12.3 Å². The van der Waals surface area contributed by atoms with Crippen LogP contribution in [0.3, 0.4) is 0 Å². The Hall–Kier alpha value is -3.67. The third kappa shape index (κ3) is 9.17. The maximum Gasteiger partial charge on any atom is 0.335 e. The molecule has 0 saturated carbocycles. The highest BCUT2D eigenvalue weighted by Gasteiger charge is 2.40. The number of carboxylic acid groups (broad SMARTS) is 2. The summed E-state index contributed by atoms with van der Waals surface area (Å²) in [6.45, 7) is 3.29. The van der Waals surface area contributed by atoms with E-state index in [1.165, 1.54) is 0 Å². The zero-order valence-electron chi connectivity index (χ0n) is 24.4. The van der Waals surface area contributed by atoms with Gasteiger partial charge in [-0.1, -0.05) is 61.5 Å². The minimum atomic E-state index is -2.27. The first-order valence-corrected chi connectivity index (χ1v) is 14.9. The molecule has 0 radical (unpaired) electrons. The van der Waals surface area contributed by atoms with E-state index in [-0.39, 0.29) is 12.2 Å². The van der Waals surface area contributed by atoms with Gasteiger partial charge in [0.05, 0.1) is 12.5 Å². The molecule has 0 aliphatic carbocycles. The van der Waals surface area contributed by atoms with Crippen molar-refractivity contribution in [1.29, 1.82) is 0 Å². The summed E-state index contributed by atoms with van der Waals surface area (Å²) in [5.41, 5.74) is 1.48. The maximum absolute atomic E-state index is 12.4. The molecule has 0 aromatic heterocycles. The number of aliphatic hydroxyl groups is 3. The normalized spacial score (nSPS) is 18.0. The minimum Gasteiger partial charge on any atom is -0.492 e. The third-order valence-corrected chi connectivity index (χ3v) is 7.41. The quantitative estimate of drug-likeness (QED) is 0.170. The zero-order valence-corrected chi connectivity index (χ0v) is 25.2. The van der Waals surface area contributed by atoms with Crippen molar-refractivity contribution in [2.45, 2.75) is 62.6 Å². The molecule has 3 aromatic rings. The molecule has 1 saturated heterocycles. The summed E-state index contributed by atoms with van der Waals surface area (Å²) in [6, 6.07) is 25.6. The van der Waals surface area contributed by atoms with Crippen molar-refractivity contribution in [3.05, 3.63) is 95.6 Å². The minimum absolute atomic E-state index is 0.142. The molecule has 44 heavy (non-hydrogen) atoms.